The van der Waals surface area contributed by atoms with Crippen molar-refractivity contribution in [3.05, 3.63) is 58.6 Å². The van der Waals surface area contributed by atoms with Gasteiger partial charge in [0.2, 0.25) is 0 Å². The first-order valence-electron chi connectivity index (χ1n) is 8.82. The molecule has 0 aliphatic carbocycles. The smallest absolute Gasteiger partial charge is 0.151 e. The minimum absolute atomic E-state index is 0.0385. The van der Waals surface area contributed by atoms with Crippen LogP contribution in [0.1, 0.15) is 23.7 Å². The molecule has 4 aromatic rings. The predicted molar refractivity (Wildman–Crippen MR) is 113 cm³/mol. The monoisotopic (exact) mass is 411 g/mol. The van der Waals surface area contributed by atoms with Crippen molar-refractivity contribution in [3.8, 4) is 10.6 Å². The summed E-state index contributed by atoms with van der Waals surface area (Å²) in [5.74, 6) is 1.38. The van der Waals surface area contributed by atoms with Gasteiger partial charge in [0.1, 0.15) is 17.2 Å². The Hall–Kier alpha value is -2.61. The third-order valence-electron chi connectivity index (χ3n) is 4.36. The highest BCUT2D eigenvalue weighted by molar-refractivity contribution is 7.22. The van der Waals surface area contributed by atoms with Crippen LogP contribution in [0.25, 0.3) is 20.8 Å². The van der Waals surface area contributed by atoms with Crippen molar-refractivity contribution >= 4 is 44.8 Å². The number of aliphatic hydroxyl groups is 1. The fourth-order valence-corrected chi connectivity index (χ4v) is 4.54. The van der Waals surface area contributed by atoms with Gasteiger partial charge in [-0.25, -0.2) is 19.9 Å². The van der Waals surface area contributed by atoms with Crippen LogP contribution in [-0.4, -0.2) is 25.0 Å². The fraction of sp³-hybridized carbons (Fsp3) is 0.200. The maximum absolute atomic E-state index is 9.46. The first-order valence-corrected chi connectivity index (χ1v) is 10.0. The molecule has 4 rings (SSSR count). The van der Waals surface area contributed by atoms with Crippen molar-refractivity contribution in [1.29, 1.82) is 0 Å². The predicted octanol–water partition coefficient (Wildman–Crippen LogP) is 4.91. The van der Waals surface area contributed by atoms with E-state index in [0.717, 1.165) is 44.0 Å². The molecule has 3 aromatic heterocycles. The summed E-state index contributed by atoms with van der Waals surface area (Å²) in [5, 5.41) is 14.1. The Kier molecular flexibility index (Phi) is 5.21. The topological polar surface area (TPSA) is 83.8 Å². The standard InChI is InChI=1S/C20H18ClN5OS/c1-3-13-7-12(9-27)8-14(21)17(13)20-25-15-4-5-22-19(18(15)28-20)26-16-6-11(2)23-10-24-16/h4-8,10,27H,3,9H2,1-2H3,(H,22,23,24,26). The lowest BCUT2D eigenvalue weighted by Crippen LogP contribution is -1.97. The van der Waals surface area contributed by atoms with Gasteiger partial charge in [-0.3, -0.25) is 0 Å². The van der Waals surface area contributed by atoms with Crippen LogP contribution in [0.4, 0.5) is 11.6 Å². The number of aromatic nitrogens is 4. The van der Waals surface area contributed by atoms with Gasteiger partial charge in [-0.1, -0.05) is 24.6 Å². The highest BCUT2D eigenvalue weighted by Gasteiger charge is 2.17. The highest BCUT2D eigenvalue weighted by Crippen LogP contribution is 2.39. The van der Waals surface area contributed by atoms with Gasteiger partial charge in [-0.15, -0.1) is 11.3 Å². The Morgan fingerprint density at radius 2 is 2.04 bits per heavy atom. The van der Waals surface area contributed by atoms with E-state index in [1.807, 2.05) is 25.1 Å². The normalized spacial score (nSPS) is 11.1. The Balaban J connectivity index is 1.81. The molecule has 0 aliphatic heterocycles. The quantitative estimate of drug-likeness (QED) is 0.485. The zero-order valence-electron chi connectivity index (χ0n) is 15.4. The van der Waals surface area contributed by atoms with Crippen molar-refractivity contribution in [1.82, 2.24) is 19.9 Å². The fourth-order valence-electron chi connectivity index (χ4n) is 3.03. The maximum atomic E-state index is 9.46. The van der Waals surface area contributed by atoms with Crippen LogP contribution in [0.5, 0.6) is 0 Å². The van der Waals surface area contributed by atoms with Crippen LogP contribution < -0.4 is 5.32 Å². The summed E-state index contributed by atoms with van der Waals surface area (Å²) in [6.45, 7) is 3.94. The number of aliphatic hydroxyl groups excluding tert-OH is 1. The second kappa shape index (κ2) is 7.79. The number of aryl methyl sites for hydroxylation is 2. The summed E-state index contributed by atoms with van der Waals surface area (Å²) < 4.78 is 0.929. The second-order valence-corrected chi connectivity index (χ2v) is 7.73. The van der Waals surface area contributed by atoms with Crippen molar-refractivity contribution in [2.45, 2.75) is 26.9 Å². The van der Waals surface area contributed by atoms with Crippen molar-refractivity contribution < 1.29 is 5.11 Å². The average Bonchev–Trinajstić information content (AvgIpc) is 3.12. The highest BCUT2D eigenvalue weighted by atomic mass is 35.5. The van der Waals surface area contributed by atoms with Gasteiger partial charge in [0.25, 0.3) is 0 Å². The number of benzene rings is 1. The van der Waals surface area contributed by atoms with Crippen LogP contribution >= 0.6 is 22.9 Å². The molecule has 8 heteroatoms. The molecule has 0 fully saturated rings. The number of pyridine rings is 1. The van der Waals surface area contributed by atoms with Crippen LogP contribution in [0.3, 0.4) is 0 Å². The van der Waals surface area contributed by atoms with Gasteiger partial charge in [-0.05, 0) is 36.6 Å². The van der Waals surface area contributed by atoms with Gasteiger partial charge in [-0.2, -0.15) is 0 Å². The molecule has 2 N–H and O–H groups in total. The number of rotatable bonds is 5. The minimum atomic E-state index is -0.0385. The molecule has 0 spiro atoms. The average molecular weight is 412 g/mol. The van der Waals surface area contributed by atoms with Gasteiger partial charge >= 0.3 is 0 Å². The molecule has 0 amide bonds. The van der Waals surface area contributed by atoms with Crippen molar-refractivity contribution in [2.24, 2.45) is 0 Å². The first kappa shape index (κ1) is 18.7. The van der Waals surface area contributed by atoms with Gasteiger partial charge in [0.15, 0.2) is 5.82 Å². The number of thiazole rings is 1. The molecule has 0 radical (unpaired) electrons. The molecule has 28 heavy (non-hydrogen) atoms. The number of nitrogens with one attached hydrogen (secondary N) is 1. The van der Waals surface area contributed by atoms with Gasteiger partial charge in [0, 0.05) is 23.5 Å². The van der Waals surface area contributed by atoms with Crippen molar-refractivity contribution in [3.63, 3.8) is 0 Å². The molecule has 0 unspecified atom stereocenters. The minimum Gasteiger partial charge on any atom is -0.392 e. The number of hydrogen-bond donors (Lipinski definition) is 2. The number of fused-ring (bicyclic) bond motifs is 1. The SMILES string of the molecule is CCc1cc(CO)cc(Cl)c1-c1nc2ccnc(Nc3cc(C)ncn3)c2s1. The second-order valence-electron chi connectivity index (χ2n) is 6.32. The Labute approximate surface area is 171 Å². The zero-order chi connectivity index (χ0) is 19.7. The molecule has 0 saturated carbocycles. The van der Waals surface area contributed by atoms with E-state index in [4.69, 9.17) is 16.6 Å². The van der Waals surface area contributed by atoms with Gasteiger partial charge in [0.05, 0.1) is 21.8 Å². The molecule has 6 nitrogen and oxygen atoms in total. The molecule has 3 heterocycles. The summed E-state index contributed by atoms with van der Waals surface area (Å²) in [7, 11) is 0. The number of hydrogen-bond acceptors (Lipinski definition) is 7. The molecule has 0 aliphatic rings. The summed E-state index contributed by atoms with van der Waals surface area (Å²) in [6.07, 6.45) is 4.04. The van der Waals surface area contributed by atoms with E-state index in [0.29, 0.717) is 16.7 Å². The summed E-state index contributed by atoms with van der Waals surface area (Å²) in [6, 6.07) is 7.52. The Morgan fingerprint density at radius 3 is 2.79 bits per heavy atom. The van der Waals surface area contributed by atoms with E-state index in [-0.39, 0.29) is 6.61 Å². The van der Waals surface area contributed by atoms with E-state index in [1.165, 1.54) is 17.7 Å². The van der Waals surface area contributed by atoms with Crippen LogP contribution in [0.2, 0.25) is 5.02 Å². The lowest BCUT2D eigenvalue weighted by molar-refractivity contribution is 0.282. The largest absolute Gasteiger partial charge is 0.392 e. The molecule has 1 aromatic carbocycles. The lowest BCUT2D eigenvalue weighted by atomic mass is 10.0. The zero-order valence-corrected chi connectivity index (χ0v) is 17.0. The summed E-state index contributed by atoms with van der Waals surface area (Å²) in [4.78, 5) is 17.6. The number of anilines is 2. The Morgan fingerprint density at radius 1 is 1.18 bits per heavy atom. The van der Waals surface area contributed by atoms with E-state index >= 15 is 0 Å². The third-order valence-corrected chi connectivity index (χ3v) is 5.76. The van der Waals surface area contributed by atoms with E-state index in [1.54, 1.807) is 12.3 Å². The van der Waals surface area contributed by atoms with E-state index in [2.05, 4.69) is 27.2 Å². The molecular formula is C20H18ClN5OS. The number of nitrogens with zero attached hydrogens (tertiary/aromatic N) is 4. The molecule has 0 bridgehead atoms. The van der Waals surface area contributed by atoms with Crippen LogP contribution in [0.15, 0.2) is 36.8 Å². The maximum Gasteiger partial charge on any atom is 0.151 e. The number of halogens is 1. The van der Waals surface area contributed by atoms with E-state index in [9.17, 15) is 5.11 Å². The molecule has 0 atom stereocenters. The summed E-state index contributed by atoms with van der Waals surface area (Å²) in [5.41, 5.74) is 4.48. The Bertz CT molecular complexity index is 1160. The van der Waals surface area contributed by atoms with Gasteiger partial charge < -0.3 is 10.4 Å². The molecule has 0 saturated heterocycles. The third kappa shape index (κ3) is 3.56. The lowest BCUT2D eigenvalue weighted by Gasteiger charge is -2.10. The van der Waals surface area contributed by atoms with Crippen molar-refractivity contribution in [2.75, 3.05) is 5.32 Å². The molecular weight excluding hydrogens is 394 g/mol. The van der Waals surface area contributed by atoms with Crippen LogP contribution in [-0.2, 0) is 13.0 Å². The summed E-state index contributed by atoms with van der Waals surface area (Å²) >= 11 is 8.08. The first-order chi connectivity index (χ1) is 13.6. The molecule has 142 valence electrons. The van der Waals surface area contributed by atoms with E-state index < -0.39 is 0 Å². The van der Waals surface area contributed by atoms with Crippen LogP contribution in [0, 0.1) is 6.92 Å².